The van der Waals surface area contributed by atoms with E-state index in [4.69, 9.17) is 10.5 Å². The van der Waals surface area contributed by atoms with E-state index in [1.807, 2.05) is 31.2 Å². The molecule has 0 aliphatic carbocycles. The first-order chi connectivity index (χ1) is 9.20. The van der Waals surface area contributed by atoms with Gasteiger partial charge in [0.15, 0.2) is 5.78 Å². The van der Waals surface area contributed by atoms with E-state index >= 15 is 0 Å². The van der Waals surface area contributed by atoms with Crippen molar-refractivity contribution in [2.75, 3.05) is 13.2 Å². The minimum absolute atomic E-state index is 0.0189. The maximum Gasteiger partial charge on any atom is 0.193 e. The Morgan fingerprint density at radius 2 is 1.53 bits per heavy atom. The second-order valence-electron chi connectivity index (χ2n) is 4.36. The fraction of sp³-hybridized carbons (Fsp3) is 0.188. The first-order valence-corrected chi connectivity index (χ1v) is 6.25. The van der Waals surface area contributed by atoms with Crippen molar-refractivity contribution >= 4 is 5.78 Å². The highest BCUT2D eigenvalue weighted by Crippen LogP contribution is 2.15. The summed E-state index contributed by atoms with van der Waals surface area (Å²) in [4.78, 5) is 12.2. The second-order valence-corrected chi connectivity index (χ2v) is 4.36. The quantitative estimate of drug-likeness (QED) is 0.835. The Balaban J connectivity index is 2.13. The lowest BCUT2D eigenvalue weighted by molar-refractivity contribution is 0.103. The van der Waals surface area contributed by atoms with E-state index in [1.54, 1.807) is 24.3 Å². The third-order valence-corrected chi connectivity index (χ3v) is 2.82. The predicted octanol–water partition coefficient (Wildman–Crippen LogP) is 2.56. The number of nitrogens with two attached hydrogens (primary N) is 1. The summed E-state index contributed by atoms with van der Waals surface area (Å²) in [6, 6.07) is 14.7. The van der Waals surface area contributed by atoms with Crippen molar-refractivity contribution in [3.05, 3.63) is 65.2 Å². The number of carbonyl (C=O) groups excluding carboxylic acids is 1. The van der Waals surface area contributed by atoms with E-state index in [0.717, 1.165) is 11.3 Å². The molecule has 2 N–H and O–H groups in total. The van der Waals surface area contributed by atoms with E-state index in [-0.39, 0.29) is 5.78 Å². The molecule has 0 aliphatic heterocycles. The van der Waals surface area contributed by atoms with Crippen LogP contribution in [0.25, 0.3) is 0 Å². The van der Waals surface area contributed by atoms with Crippen molar-refractivity contribution in [2.45, 2.75) is 6.92 Å². The van der Waals surface area contributed by atoms with Gasteiger partial charge < -0.3 is 10.5 Å². The molecular weight excluding hydrogens is 238 g/mol. The van der Waals surface area contributed by atoms with E-state index in [2.05, 4.69) is 0 Å². The topological polar surface area (TPSA) is 52.3 Å². The lowest BCUT2D eigenvalue weighted by atomic mass is 10.0. The van der Waals surface area contributed by atoms with Crippen molar-refractivity contribution in [2.24, 2.45) is 5.73 Å². The Hall–Kier alpha value is -2.13. The van der Waals surface area contributed by atoms with Gasteiger partial charge in [-0.15, -0.1) is 0 Å². The van der Waals surface area contributed by atoms with Gasteiger partial charge in [0.25, 0.3) is 0 Å². The Morgan fingerprint density at radius 3 is 2.05 bits per heavy atom. The van der Waals surface area contributed by atoms with Gasteiger partial charge in [0.05, 0.1) is 0 Å². The molecule has 0 fully saturated rings. The predicted molar refractivity (Wildman–Crippen MR) is 75.6 cm³/mol. The molecule has 0 bridgehead atoms. The van der Waals surface area contributed by atoms with E-state index in [1.165, 1.54) is 0 Å². The third kappa shape index (κ3) is 3.42. The van der Waals surface area contributed by atoms with Crippen LogP contribution in [0.15, 0.2) is 48.5 Å². The molecule has 0 saturated carbocycles. The van der Waals surface area contributed by atoms with Crippen molar-refractivity contribution in [3.8, 4) is 5.75 Å². The lowest BCUT2D eigenvalue weighted by Crippen LogP contribution is -2.10. The van der Waals surface area contributed by atoms with Gasteiger partial charge in [-0.2, -0.15) is 0 Å². The van der Waals surface area contributed by atoms with Gasteiger partial charge in [-0.3, -0.25) is 4.79 Å². The van der Waals surface area contributed by atoms with Crippen LogP contribution in [-0.2, 0) is 0 Å². The maximum absolute atomic E-state index is 12.2. The summed E-state index contributed by atoms with van der Waals surface area (Å²) in [5.74, 6) is 0.747. The largest absolute Gasteiger partial charge is 0.492 e. The van der Waals surface area contributed by atoms with E-state index in [9.17, 15) is 4.79 Å². The van der Waals surface area contributed by atoms with E-state index < -0.39 is 0 Å². The van der Waals surface area contributed by atoms with Crippen molar-refractivity contribution in [1.29, 1.82) is 0 Å². The SMILES string of the molecule is Cc1ccc(C(=O)c2ccc(OCCN)cc2)cc1. The standard InChI is InChI=1S/C16H17NO2/c1-12-2-4-13(5-3-12)16(18)14-6-8-15(9-7-14)19-11-10-17/h2-9H,10-11,17H2,1H3. The second kappa shape index (κ2) is 6.16. The molecule has 0 aliphatic rings. The number of benzene rings is 2. The van der Waals surface area contributed by atoms with Crippen LogP contribution in [0.2, 0.25) is 0 Å². The highest BCUT2D eigenvalue weighted by molar-refractivity contribution is 6.09. The molecular formula is C16H17NO2. The van der Waals surface area contributed by atoms with Crippen molar-refractivity contribution in [3.63, 3.8) is 0 Å². The van der Waals surface area contributed by atoms with Gasteiger partial charge >= 0.3 is 0 Å². The zero-order valence-corrected chi connectivity index (χ0v) is 10.9. The van der Waals surface area contributed by atoms with Crippen LogP contribution < -0.4 is 10.5 Å². The average Bonchev–Trinajstić information content (AvgIpc) is 2.46. The van der Waals surface area contributed by atoms with Crippen LogP contribution in [0.3, 0.4) is 0 Å². The van der Waals surface area contributed by atoms with E-state index in [0.29, 0.717) is 24.3 Å². The Kier molecular flexibility index (Phi) is 4.31. The molecule has 0 unspecified atom stereocenters. The molecule has 0 radical (unpaired) electrons. The summed E-state index contributed by atoms with van der Waals surface area (Å²) in [6.45, 7) is 2.95. The van der Waals surface area contributed by atoms with Gasteiger partial charge in [-0.05, 0) is 31.2 Å². The smallest absolute Gasteiger partial charge is 0.193 e. The number of rotatable bonds is 5. The van der Waals surface area contributed by atoms with Crippen LogP contribution in [0.1, 0.15) is 21.5 Å². The molecule has 98 valence electrons. The Morgan fingerprint density at radius 1 is 1.00 bits per heavy atom. The molecule has 3 heteroatoms. The maximum atomic E-state index is 12.2. The number of hydrogen-bond acceptors (Lipinski definition) is 3. The molecule has 19 heavy (non-hydrogen) atoms. The summed E-state index contributed by atoms with van der Waals surface area (Å²) in [7, 11) is 0. The molecule has 3 nitrogen and oxygen atoms in total. The van der Waals surface area contributed by atoms with Gasteiger partial charge in [-0.25, -0.2) is 0 Å². The van der Waals surface area contributed by atoms with Crippen LogP contribution in [0.5, 0.6) is 5.75 Å². The summed E-state index contributed by atoms with van der Waals surface area (Å²) in [5.41, 5.74) is 7.86. The zero-order valence-electron chi connectivity index (χ0n) is 10.9. The van der Waals surface area contributed by atoms with Crippen LogP contribution in [-0.4, -0.2) is 18.9 Å². The highest BCUT2D eigenvalue weighted by Gasteiger charge is 2.08. The van der Waals surface area contributed by atoms with Crippen LogP contribution >= 0.6 is 0 Å². The Bertz CT molecular complexity index is 544. The average molecular weight is 255 g/mol. The van der Waals surface area contributed by atoms with Gasteiger partial charge in [0.2, 0.25) is 0 Å². The molecule has 0 saturated heterocycles. The summed E-state index contributed by atoms with van der Waals surface area (Å²) in [6.07, 6.45) is 0. The molecule has 0 amide bonds. The minimum atomic E-state index is 0.0189. The molecule has 0 heterocycles. The summed E-state index contributed by atoms with van der Waals surface area (Å²) >= 11 is 0. The number of ether oxygens (including phenoxy) is 1. The molecule has 2 aromatic carbocycles. The van der Waals surface area contributed by atoms with Crippen molar-refractivity contribution in [1.82, 2.24) is 0 Å². The fourth-order valence-electron chi connectivity index (χ4n) is 1.75. The molecule has 2 rings (SSSR count). The fourth-order valence-corrected chi connectivity index (χ4v) is 1.75. The monoisotopic (exact) mass is 255 g/mol. The number of aryl methyl sites for hydroxylation is 1. The highest BCUT2D eigenvalue weighted by atomic mass is 16.5. The third-order valence-electron chi connectivity index (χ3n) is 2.82. The normalized spacial score (nSPS) is 10.2. The van der Waals surface area contributed by atoms with Crippen LogP contribution in [0.4, 0.5) is 0 Å². The number of hydrogen-bond donors (Lipinski definition) is 1. The zero-order chi connectivity index (χ0) is 13.7. The molecule has 0 spiro atoms. The number of ketones is 1. The summed E-state index contributed by atoms with van der Waals surface area (Å²) < 4.78 is 5.38. The first kappa shape index (κ1) is 13.3. The molecule has 0 atom stereocenters. The first-order valence-electron chi connectivity index (χ1n) is 6.25. The molecule has 0 aromatic heterocycles. The van der Waals surface area contributed by atoms with Gasteiger partial charge in [0, 0.05) is 17.7 Å². The van der Waals surface area contributed by atoms with Gasteiger partial charge in [0.1, 0.15) is 12.4 Å². The summed E-state index contributed by atoms with van der Waals surface area (Å²) in [5, 5.41) is 0. The Labute approximate surface area is 113 Å². The lowest BCUT2D eigenvalue weighted by Gasteiger charge is -2.06. The molecule has 2 aromatic rings. The van der Waals surface area contributed by atoms with Crippen molar-refractivity contribution < 1.29 is 9.53 Å². The minimum Gasteiger partial charge on any atom is -0.492 e. The van der Waals surface area contributed by atoms with Crippen LogP contribution in [0, 0.1) is 6.92 Å². The van der Waals surface area contributed by atoms with Gasteiger partial charge in [-0.1, -0.05) is 29.8 Å². The number of carbonyl (C=O) groups is 1.